The average molecular weight is 408 g/mol. The molecule has 1 fully saturated rings. The van der Waals surface area contributed by atoms with Gasteiger partial charge in [0.25, 0.3) is 0 Å². The fourth-order valence-corrected chi connectivity index (χ4v) is 4.17. The number of benzene rings is 2. The first-order valence-electron chi connectivity index (χ1n) is 9.50. The smallest absolute Gasteiger partial charge is 0.225 e. The van der Waals surface area contributed by atoms with E-state index in [2.05, 4.69) is 0 Å². The molecule has 0 N–H and O–H groups in total. The summed E-state index contributed by atoms with van der Waals surface area (Å²) in [4.78, 5) is 15.0. The van der Waals surface area contributed by atoms with Crippen LogP contribution in [0.4, 0.5) is 4.39 Å². The second-order valence-electron chi connectivity index (χ2n) is 7.21. The van der Waals surface area contributed by atoms with Crippen LogP contribution in [0.1, 0.15) is 43.2 Å². The molecule has 0 aliphatic heterocycles. The molecule has 2 nitrogen and oxygen atoms in total. The van der Waals surface area contributed by atoms with E-state index >= 15 is 0 Å². The summed E-state index contributed by atoms with van der Waals surface area (Å²) in [5.74, 6) is 0.0286. The third kappa shape index (κ3) is 5.70. The molecular formula is C22H24Cl2FNO. The first kappa shape index (κ1) is 20.2. The standard InChI is InChI=1S/C22H24Cl2FNO/c23-19-9-8-17(21(24)14-19)12-13-26(15-16-6-10-20(25)11-7-16)22(27)18-4-2-1-3-5-18/h6-11,14,18H,1-5,12-13,15H2. The Morgan fingerprint density at radius 2 is 1.74 bits per heavy atom. The summed E-state index contributed by atoms with van der Waals surface area (Å²) < 4.78 is 13.2. The maximum absolute atomic E-state index is 13.2. The number of carbonyl (C=O) groups is 1. The van der Waals surface area contributed by atoms with Crippen LogP contribution >= 0.6 is 23.2 Å². The number of hydrogen-bond acceptors (Lipinski definition) is 1. The summed E-state index contributed by atoms with van der Waals surface area (Å²) in [6, 6.07) is 11.8. The van der Waals surface area contributed by atoms with E-state index < -0.39 is 0 Å². The highest BCUT2D eigenvalue weighted by molar-refractivity contribution is 6.35. The van der Waals surface area contributed by atoms with Crippen LogP contribution in [0.5, 0.6) is 0 Å². The molecule has 0 bridgehead atoms. The van der Waals surface area contributed by atoms with E-state index in [0.29, 0.717) is 29.6 Å². The second-order valence-corrected chi connectivity index (χ2v) is 8.05. The Morgan fingerprint density at radius 1 is 1.04 bits per heavy atom. The highest BCUT2D eigenvalue weighted by Crippen LogP contribution is 2.27. The van der Waals surface area contributed by atoms with Crippen LogP contribution in [0.15, 0.2) is 42.5 Å². The van der Waals surface area contributed by atoms with Gasteiger partial charge in [-0.05, 0) is 54.7 Å². The summed E-state index contributed by atoms with van der Waals surface area (Å²) in [7, 11) is 0. The molecule has 5 heteroatoms. The Kier molecular flexibility index (Phi) is 7.14. The Morgan fingerprint density at radius 3 is 2.41 bits per heavy atom. The van der Waals surface area contributed by atoms with Crippen molar-refractivity contribution in [1.82, 2.24) is 4.90 Å². The number of halogens is 3. The molecule has 0 spiro atoms. The number of nitrogens with zero attached hydrogens (tertiary/aromatic N) is 1. The Bertz CT molecular complexity index is 772. The van der Waals surface area contributed by atoms with E-state index in [-0.39, 0.29) is 17.6 Å². The lowest BCUT2D eigenvalue weighted by Crippen LogP contribution is -2.38. The molecule has 0 heterocycles. The van der Waals surface area contributed by atoms with E-state index in [9.17, 15) is 9.18 Å². The van der Waals surface area contributed by atoms with Gasteiger partial charge in [-0.2, -0.15) is 0 Å². The van der Waals surface area contributed by atoms with Gasteiger partial charge in [0.2, 0.25) is 5.91 Å². The Labute approximate surface area is 170 Å². The van der Waals surface area contributed by atoms with Crippen LogP contribution in [0.25, 0.3) is 0 Å². The molecule has 0 saturated heterocycles. The van der Waals surface area contributed by atoms with E-state index in [4.69, 9.17) is 23.2 Å². The fraction of sp³-hybridized carbons (Fsp3) is 0.409. The third-order valence-corrected chi connectivity index (χ3v) is 5.81. The van der Waals surface area contributed by atoms with E-state index in [1.807, 2.05) is 17.0 Å². The molecule has 2 aromatic carbocycles. The summed E-state index contributed by atoms with van der Waals surface area (Å²) in [6.45, 7) is 1.06. The van der Waals surface area contributed by atoms with Crippen LogP contribution in [0.3, 0.4) is 0 Å². The van der Waals surface area contributed by atoms with Crippen LogP contribution in [-0.4, -0.2) is 17.4 Å². The van der Waals surface area contributed by atoms with Crippen molar-refractivity contribution in [3.05, 3.63) is 69.5 Å². The van der Waals surface area contributed by atoms with Crippen molar-refractivity contribution >= 4 is 29.1 Å². The van der Waals surface area contributed by atoms with Crippen molar-refractivity contribution in [3.8, 4) is 0 Å². The topological polar surface area (TPSA) is 20.3 Å². The number of rotatable bonds is 6. The summed E-state index contributed by atoms with van der Waals surface area (Å²) in [5, 5.41) is 1.22. The predicted octanol–water partition coefficient (Wildman–Crippen LogP) is 6.28. The molecule has 2 aromatic rings. The first-order chi connectivity index (χ1) is 13.0. The van der Waals surface area contributed by atoms with Gasteiger partial charge in [-0.3, -0.25) is 4.79 Å². The van der Waals surface area contributed by atoms with E-state index in [0.717, 1.165) is 36.8 Å². The van der Waals surface area contributed by atoms with E-state index in [1.165, 1.54) is 18.6 Å². The average Bonchev–Trinajstić information content (AvgIpc) is 2.68. The third-order valence-electron chi connectivity index (χ3n) is 5.22. The Balaban J connectivity index is 1.73. The fourth-order valence-electron chi connectivity index (χ4n) is 3.66. The van der Waals surface area contributed by atoms with Gasteiger partial charge in [-0.25, -0.2) is 4.39 Å². The van der Waals surface area contributed by atoms with Crippen LogP contribution in [-0.2, 0) is 17.8 Å². The van der Waals surface area contributed by atoms with Gasteiger partial charge in [0, 0.05) is 29.1 Å². The van der Waals surface area contributed by atoms with Gasteiger partial charge >= 0.3 is 0 Å². The van der Waals surface area contributed by atoms with Crippen molar-refractivity contribution < 1.29 is 9.18 Å². The molecule has 0 atom stereocenters. The maximum atomic E-state index is 13.2. The Hall–Kier alpha value is -1.58. The molecule has 27 heavy (non-hydrogen) atoms. The number of amides is 1. The minimum absolute atomic E-state index is 0.0971. The largest absolute Gasteiger partial charge is 0.338 e. The summed E-state index contributed by atoms with van der Waals surface area (Å²) >= 11 is 12.3. The van der Waals surface area contributed by atoms with Gasteiger partial charge in [0.15, 0.2) is 0 Å². The van der Waals surface area contributed by atoms with Crippen LogP contribution in [0.2, 0.25) is 10.0 Å². The minimum atomic E-state index is -0.267. The zero-order valence-corrected chi connectivity index (χ0v) is 16.8. The highest BCUT2D eigenvalue weighted by Gasteiger charge is 2.26. The lowest BCUT2D eigenvalue weighted by molar-refractivity contribution is -0.137. The SMILES string of the molecule is O=C(C1CCCCC1)N(CCc1ccc(Cl)cc1Cl)Cc1ccc(F)cc1. The molecule has 3 rings (SSSR count). The molecule has 1 aliphatic carbocycles. The van der Waals surface area contributed by atoms with Crippen molar-refractivity contribution in [2.24, 2.45) is 5.92 Å². The van der Waals surface area contributed by atoms with Crippen LogP contribution in [0, 0.1) is 11.7 Å². The zero-order valence-electron chi connectivity index (χ0n) is 15.3. The predicted molar refractivity (Wildman–Crippen MR) is 109 cm³/mol. The van der Waals surface area contributed by atoms with Crippen molar-refractivity contribution in [1.29, 1.82) is 0 Å². The monoisotopic (exact) mass is 407 g/mol. The number of hydrogen-bond donors (Lipinski definition) is 0. The van der Waals surface area contributed by atoms with Crippen LogP contribution < -0.4 is 0 Å². The van der Waals surface area contributed by atoms with Gasteiger partial charge in [-0.1, -0.05) is 60.7 Å². The molecule has 1 saturated carbocycles. The zero-order chi connectivity index (χ0) is 19.2. The number of carbonyl (C=O) groups excluding carboxylic acids is 1. The lowest BCUT2D eigenvalue weighted by Gasteiger charge is -2.29. The second kappa shape index (κ2) is 9.57. The van der Waals surface area contributed by atoms with Gasteiger partial charge in [0.05, 0.1) is 0 Å². The molecule has 0 aromatic heterocycles. The minimum Gasteiger partial charge on any atom is -0.338 e. The first-order valence-corrected chi connectivity index (χ1v) is 10.3. The summed E-state index contributed by atoms with van der Waals surface area (Å²) in [6.07, 6.45) is 6.02. The molecule has 144 valence electrons. The lowest BCUT2D eigenvalue weighted by atomic mass is 9.88. The molecule has 0 unspecified atom stereocenters. The van der Waals surface area contributed by atoms with Gasteiger partial charge in [-0.15, -0.1) is 0 Å². The normalized spacial score (nSPS) is 14.9. The maximum Gasteiger partial charge on any atom is 0.225 e. The molecule has 1 aliphatic rings. The van der Waals surface area contributed by atoms with E-state index in [1.54, 1.807) is 18.2 Å². The van der Waals surface area contributed by atoms with Gasteiger partial charge < -0.3 is 4.90 Å². The quantitative estimate of drug-likeness (QED) is 0.551. The highest BCUT2D eigenvalue weighted by atomic mass is 35.5. The van der Waals surface area contributed by atoms with Crippen molar-refractivity contribution in [2.45, 2.75) is 45.1 Å². The summed E-state index contributed by atoms with van der Waals surface area (Å²) in [5.41, 5.74) is 1.91. The molecule has 0 radical (unpaired) electrons. The molecular weight excluding hydrogens is 384 g/mol. The van der Waals surface area contributed by atoms with Crippen molar-refractivity contribution in [2.75, 3.05) is 6.54 Å². The van der Waals surface area contributed by atoms with Gasteiger partial charge in [0.1, 0.15) is 5.82 Å². The molecule has 1 amide bonds. The van der Waals surface area contributed by atoms with Crippen molar-refractivity contribution in [3.63, 3.8) is 0 Å².